The van der Waals surface area contributed by atoms with E-state index in [9.17, 15) is 14.4 Å². The van der Waals surface area contributed by atoms with E-state index in [2.05, 4.69) is 17.4 Å². The average Bonchev–Trinajstić information content (AvgIpc) is 3.44. The molecule has 7 nitrogen and oxygen atoms in total. The van der Waals surface area contributed by atoms with Crippen LogP contribution >= 0.6 is 0 Å². The summed E-state index contributed by atoms with van der Waals surface area (Å²) >= 11 is 0. The van der Waals surface area contributed by atoms with Gasteiger partial charge in [-0.25, -0.2) is 9.80 Å². The maximum Gasteiger partial charge on any atom is 0.329 e. The summed E-state index contributed by atoms with van der Waals surface area (Å²) in [5.41, 5.74) is 3.11. The Balaban J connectivity index is 1.32. The number of amides is 2. The molecule has 2 atom stereocenters. The van der Waals surface area contributed by atoms with Crippen LogP contribution < -0.4 is 5.32 Å². The molecule has 0 radical (unpaired) electrons. The van der Waals surface area contributed by atoms with E-state index in [1.54, 1.807) is 24.3 Å². The summed E-state index contributed by atoms with van der Waals surface area (Å²) in [7, 11) is 0. The first-order valence-corrected chi connectivity index (χ1v) is 13.4. The lowest BCUT2D eigenvalue weighted by atomic mass is 9.97. The maximum absolute atomic E-state index is 13.4. The molecule has 7 heteroatoms. The molecule has 0 aromatic heterocycles. The highest BCUT2D eigenvalue weighted by Gasteiger charge is 2.34. The van der Waals surface area contributed by atoms with Crippen molar-refractivity contribution in [1.29, 1.82) is 0 Å². The summed E-state index contributed by atoms with van der Waals surface area (Å²) in [5, 5.41) is 11.1. The number of esters is 1. The molecule has 5 rings (SSSR count). The molecular formula is C33H31N3O4. The highest BCUT2D eigenvalue weighted by molar-refractivity contribution is 6.05. The Labute approximate surface area is 233 Å². The third-order valence-electron chi connectivity index (χ3n) is 7.01. The molecule has 0 spiro atoms. The number of rotatable bonds is 8. The SMILES string of the molecule is CC(C)C(NC(=O)c1ccccc1)C(=O)OCC(=O)N1N=C(c2ccc3ccccc3c2)CC1c1ccccc1. The molecule has 2 unspecified atom stereocenters. The van der Waals surface area contributed by atoms with Crippen molar-refractivity contribution < 1.29 is 19.1 Å². The lowest BCUT2D eigenvalue weighted by molar-refractivity contribution is -0.155. The van der Waals surface area contributed by atoms with Gasteiger partial charge in [0.1, 0.15) is 6.04 Å². The van der Waals surface area contributed by atoms with E-state index >= 15 is 0 Å². The standard InChI is InChI=1S/C33H31N3O4/c1-22(2)31(34-32(38)25-14-7-4-8-15-25)33(39)40-21-30(37)36-29(24-12-5-3-6-13-24)20-28(35-36)27-18-17-23-11-9-10-16-26(23)19-27/h3-19,22,29,31H,20-21H2,1-2H3,(H,34,38). The Morgan fingerprint density at radius 2 is 1.52 bits per heavy atom. The van der Waals surface area contributed by atoms with Crippen molar-refractivity contribution in [3.05, 3.63) is 120 Å². The van der Waals surface area contributed by atoms with Crippen molar-refractivity contribution >= 4 is 34.3 Å². The third-order valence-corrected chi connectivity index (χ3v) is 7.01. The van der Waals surface area contributed by atoms with Gasteiger partial charge in [-0.3, -0.25) is 9.59 Å². The van der Waals surface area contributed by atoms with Crippen LogP contribution in [0.25, 0.3) is 10.8 Å². The summed E-state index contributed by atoms with van der Waals surface area (Å²) in [4.78, 5) is 39.1. The van der Waals surface area contributed by atoms with Gasteiger partial charge in [0.2, 0.25) is 0 Å². The molecule has 0 bridgehead atoms. The largest absolute Gasteiger partial charge is 0.454 e. The molecule has 0 aliphatic carbocycles. The van der Waals surface area contributed by atoms with E-state index in [-0.39, 0.29) is 17.9 Å². The molecule has 0 saturated carbocycles. The van der Waals surface area contributed by atoms with Gasteiger partial charge >= 0.3 is 5.97 Å². The Hall–Kier alpha value is -4.78. The van der Waals surface area contributed by atoms with Crippen molar-refractivity contribution in [3.63, 3.8) is 0 Å². The predicted octanol–water partition coefficient (Wildman–Crippen LogP) is 5.52. The molecule has 0 fully saturated rings. The number of hydrogen-bond acceptors (Lipinski definition) is 5. The van der Waals surface area contributed by atoms with Crippen molar-refractivity contribution in [2.45, 2.75) is 32.4 Å². The third kappa shape index (κ3) is 5.94. The van der Waals surface area contributed by atoms with E-state index in [0.29, 0.717) is 12.0 Å². The van der Waals surface area contributed by atoms with E-state index in [0.717, 1.165) is 27.6 Å². The summed E-state index contributed by atoms with van der Waals surface area (Å²) in [6.07, 6.45) is 0.532. The quantitative estimate of drug-likeness (QED) is 0.302. The van der Waals surface area contributed by atoms with Crippen LogP contribution in [0.15, 0.2) is 108 Å². The molecule has 4 aromatic rings. The van der Waals surface area contributed by atoms with Crippen LogP contribution in [-0.4, -0.2) is 41.2 Å². The van der Waals surface area contributed by atoms with Crippen LogP contribution in [0, 0.1) is 5.92 Å². The van der Waals surface area contributed by atoms with Crippen LogP contribution in [0.2, 0.25) is 0 Å². The minimum absolute atomic E-state index is 0.239. The molecule has 1 aliphatic rings. The number of fused-ring (bicyclic) bond motifs is 1. The molecule has 1 aliphatic heterocycles. The number of carbonyl (C=O) groups is 3. The Kier molecular flexibility index (Phi) is 8.01. The van der Waals surface area contributed by atoms with Gasteiger partial charge in [0, 0.05) is 12.0 Å². The van der Waals surface area contributed by atoms with Crippen molar-refractivity contribution in [2.24, 2.45) is 11.0 Å². The van der Waals surface area contributed by atoms with Crippen LogP contribution in [0.4, 0.5) is 0 Å². The summed E-state index contributed by atoms with van der Waals surface area (Å²) in [5.74, 6) is -1.72. The number of ether oxygens (including phenoxy) is 1. The zero-order valence-corrected chi connectivity index (χ0v) is 22.5. The summed E-state index contributed by atoms with van der Waals surface area (Å²) in [6, 6.07) is 31.4. The Morgan fingerprint density at radius 3 is 2.23 bits per heavy atom. The summed E-state index contributed by atoms with van der Waals surface area (Å²) < 4.78 is 5.45. The number of nitrogens with one attached hydrogen (secondary N) is 1. The predicted molar refractivity (Wildman–Crippen MR) is 155 cm³/mol. The molecule has 0 saturated heterocycles. The molecule has 1 N–H and O–H groups in total. The number of hydrazone groups is 1. The second kappa shape index (κ2) is 11.9. The van der Waals surface area contributed by atoms with Gasteiger partial charge in [-0.15, -0.1) is 0 Å². The van der Waals surface area contributed by atoms with Crippen molar-refractivity contribution in [2.75, 3.05) is 6.61 Å². The number of nitrogens with zero attached hydrogens (tertiary/aromatic N) is 2. The highest BCUT2D eigenvalue weighted by atomic mass is 16.5. The first-order valence-electron chi connectivity index (χ1n) is 13.4. The normalized spacial score (nSPS) is 15.5. The van der Waals surface area contributed by atoms with Gasteiger partial charge in [-0.1, -0.05) is 98.8 Å². The molecule has 2 amide bonds. The van der Waals surface area contributed by atoms with Gasteiger partial charge < -0.3 is 10.1 Å². The maximum atomic E-state index is 13.4. The zero-order valence-electron chi connectivity index (χ0n) is 22.5. The number of carbonyl (C=O) groups excluding carboxylic acids is 3. The van der Waals surface area contributed by atoms with Crippen LogP contribution in [-0.2, 0) is 14.3 Å². The van der Waals surface area contributed by atoms with Gasteiger partial charge in [0.05, 0.1) is 11.8 Å². The fourth-order valence-electron chi connectivity index (χ4n) is 4.82. The van der Waals surface area contributed by atoms with Crippen LogP contribution in [0.3, 0.4) is 0 Å². The molecular weight excluding hydrogens is 502 g/mol. The lowest BCUT2D eigenvalue weighted by Crippen LogP contribution is -2.46. The second-order valence-electron chi connectivity index (χ2n) is 10.1. The topological polar surface area (TPSA) is 88.1 Å². The average molecular weight is 534 g/mol. The van der Waals surface area contributed by atoms with Crippen LogP contribution in [0.5, 0.6) is 0 Å². The van der Waals surface area contributed by atoms with E-state index in [1.807, 2.05) is 80.6 Å². The molecule has 4 aromatic carbocycles. The van der Waals surface area contributed by atoms with Crippen molar-refractivity contribution in [3.8, 4) is 0 Å². The Bertz CT molecular complexity index is 1550. The molecule has 1 heterocycles. The smallest absolute Gasteiger partial charge is 0.329 e. The van der Waals surface area contributed by atoms with Gasteiger partial charge in [0.25, 0.3) is 11.8 Å². The number of hydrogen-bond donors (Lipinski definition) is 1. The fraction of sp³-hybridized carbons (Fsp3) is 0.212. The van der Waals surface area contributed by atoms with E-state index in [4.69, 9.17) is 9.84 Å². The zero-order chi connectivity index (χ0) is 28.1. The van der Waals surface area contributed by atoms with Gasteiger partial charge in [-0.05, 0) is 46.0 Å². The molecule has 202 valence electrons. The molecule has 40 heavy (non-hydrogen) atoms. The fourth-order valence-corrected chi connectivity index (χ4v) is 4.82. The first kappa shape index (κ1) is 26.8. The minimum atomic E-state index is -0.902. The Morgan fingerprint density at radius 1 is 0.875 bits per heavy atom. The lowest BCUT2D eigenvalue weighted by Gasteiger charge is -2.24. The highest BCUT2D eigenvalue weighted by Crippen LogP contribution is 2.33. The first-order chi connectivity index (χ1) is 19.4. The van der Waals surface area contributed by atoms with Crippen LogP contribution in [0.1, 0.15) is 47.8 Å². The minimum Gasteiger partial charge on any atom is -0.454 e. The van der Waals surface area contributed by atoms with E-state index in [1.165, 1.54) is 5.01 Å². The van der Waals surface area contributed by atoms with Crippen molar-refractivity contribution in [1.82, 2.24) is 10.3 Å². The van der Waals surface area contributed by atoms with E-state index < -0.39 is 24.5 Å². The second-order valence-corrected chi connectivity index (χ2v) is 10.1. The summed E-state index contributed by atoms with van der Waals surface area (Å²) in [6.45, 7) is 3.14. The number of benzene rings is 4. The van der Waals surface area contributed by atoms with Gasteiger partial charge in [-0.2, -0.15) is 5.10 Å². The van der Waals surface area contributed by atoms with Gasteiger partial charge in [0.15, 0.2) is 6.61 Å². The monoisotopic (exact) mass is 533 g/mol.